The number of anilines is 1. The molecular formula is C16H27N4O2S+. The lowest BCUT2D eigenvalue weighted by Gasteiger charge is -2.31. The lowest BCUT2D eigenvalue weighted by atomic mass is 9.90. The number of nitrogens with one attached hydrogen (secondary N) is 2. The van der Waals surface area contributed by atoms with Crippen LogP contribution in [0, 0.1) is 0 Å². The number of quaternary nitrogens is 1. The van der Waals surface area contributed by atoms with E-state index >= 15 is 0 Å². The Morgan fingerprint density at radius 3 is 2.61 bits per heavy atom. The molecule has 1 aromatic heterocycles. The van der Waals surface area contributed by atoms with Gasteiger partial charge in [0.2, 0.25) is 5.13 Å². The van der Waals surface area contributed by atoms with Gasteiger partial charge in [-0.15, -0.1) is 10.2 Å². The SMILES string of the molecule is C[C@@H]1C[NH+](CC(=O)Nc2nnc(C3CCCCC3)s2)C[C@H](C)O1. The maximum absolute atomic E-state index is 12.2. The Kier molecular flexibility index (Phi) is 5.61. The number of aromatic nitrogens is 2. The lowest BCUT2D eigenvalue weighted by molar-refractivity contribution is -0.907. The summed E-state index contributed by atoms with van der Waals surface area (Å²) >= 11 is 1.54. The molecule has 7 heteroatoms. The highest BCUT2D eigenvalue weighted by Gasteiger charge is 2.27. The molecule has 6 nitrogen and oxygen atoms in total. The molecule has 1 aromatic rings. The second kappa shape index (κ2) is 7.68. The van der Waals surface area contributed by atoms with E-state index in [4.69, 9.17) is 4.74 Å². The van der Waals surface area contributed by atoms with E-state index in [1.807, 2.05) is 0 Å². The van der Waals surface area contributed by atoms with Gasteiger partial charge in [-0.1, -0.05) is 30.6 Å². The normalized spacial score (nSPS) is 29.4. The van der Waals surface area contributed by atoms with Gasteiger partial charge in [0, 0.05) is 5.92 Å². The van der Waals surface area contributed by atoms with Crippen molar-refractivity contribution < 1.29 is 14.4 Å². The largest absolute Gasteiger partial charge is 0.364 e. The van der Waals surface area contributed by atoms with E-state index in [-0.39, 0.29) is 18.1 Å². The molecule has 3 atom stereocenters. The Hall–Kier alpha value is -1.05. The zero-order chi connectivity index (χ0) is 16.2. The van der Waals surface area contributed by atoms with Crippen LogP contribution < -0.4 is 10.2 Å². The highest BCUT2D eigenvalue weighted by atomic mass is 32.1. The molecule has 1 saturated carbocycles. The number of hydrogen-bond donors (Lipinski definition) is 2. The van der Waals surface area contributed by atoms with E-state index in [1.54, 1.807) is 11.3 Å². The molecule has 23 heavy (non-hydrogen) atoms. The lowest BCUT2D eigenvalue weighted by Crippen LogP contribution is -3.16. The van der Waals surface area contributed by atoms with E-state index < -0.39 is 0 Å². The molecule has 1 saturated heterocycles. The number of morpholine rings is 1. The van der Waals surface area contributed by atoms with Gasteiger partial charge in [0.05, 0.1) is 0 Å². The summed E-state index contributed by atoms with van der Waals surface area (Å²) in [6.45, 7) is 6.35. The van der Waals surface area contributed by atoms with E-state index in [1.165, 1.54) is 37.0 Å². The minimum Gasteiger partial charge on any atom is -0.364 e. The third kappa shape index (κ3) is 4.71. The standard InChI is InChI=1S/C16H26N4O2S/c1-11-8-20(9-12(2)22-11)10-14(21)17-16-19-18-15(23-16)13-6-4-3-5-7-13/h11-13H,3-10H2,1-2H3,(H,17,19,21)/p+1/t11-,12+. The zero-order valence-corrected chi connectivity index (χ0v) is 14.8. The minimum absolute atomic E-state index is 0.0210. The van der Waals surface area contributed by atoms with Crippen molar-refractivity contribution in [3.05, 3.63) is 5.01 Å². The summed E-state index contributed by atoms with van der Waals surface area (Å²) in [5, 5.41) is 13.1. The van der Waals surface area contributed by atoms with Gasteiger partial charge in [0.25, 0.3) is 5.91 Å². The Morgan fingerprint density at radius 1 is 1.22 bits per heavy atom. The van der Waals surface area contributed by atoms with Gasteiger partial charge < -0.3 is 9.64 Å². The fourth-order valence-electron chi connectivity index (χ4n) is 3.72. The smallest absolute Gasteiger partial charge is 0.281 e. The van der Waals surface area contributed by atoms with Crippen molar-refractivity contribution in [3.63, 3.8) is 0 Å². The summed E-state index contributed by atoms with van der Waals surface area (Å²) in [7, 11) is 0. The Morgan fingerprint density at radius 2 is 1.91 bits per heavy atom. The van der Waals surface area contributed by atoms with Crippen LogP contribution in [0.15, 0.2) is 0 Å². The van der Waals surface area contributed by atoms with Crippen molar-refractivity contribution in [1.82, 2.24) is 10.2 Å². The van der Waals surface area contributed by atoms with Crippen molar-refractivity contribution >= 4 is 22.4 Å². The molecule has 1 unspecified atom stereocenters. The second-order valence-corrected chi connectivity index (χ2v) is 7.93. The van der Waals surface area contributed by atoms with Gasteiger partial charge in [0.15, 0.2) is 6.54 Å². The Bertz CT molecular complexity index is 520. The predicted octanol–water partition coefficient (Wildman–Crippen LogP) is 1.22. The quantitative estimate of drug-likeness (QED) is 0.865. The summed E-state index contributed by atoms with van der Waals surface area (Å²) in [4.78, 5) is 13.5. The molecule has 3 rings (SSSR count). The highest BCUT2D eigenvalue weighted by Crippen LogP contribution is 2.35. The van der Waals surface area contributed by atoms with Crippen LogP contribution in [0.4, 0.5) is 5.13 Å². The van der Waals surface area contributed by atoms with Crippen molar-refractivity contribution in [3.8, 4) is 0 Å². The Labute approximate surface area is 141 Å². The van der Waals surface area contributed by atoms with Gasteiger partial charge in [-0.3, -0.25) is 10.1 Å². The first-order valence-electron chi connectivity index (χ1n) is 8.72. The van der Waals surface area contributed by atoms with Gasteiger partial charge in [0.1, 0.15) is 30.3 Å². The number of rotatable bonds is 4. The summed E-state index contributed by atoms with van der Waals surface area (Å²) in [6, 6.07) is 0. The van der Waals surface area contributed by atoms with Crippen LogP contribution in [0.3, 0.4) is 0 Å². The van der Waals surface area contributed by atoms with Crippen LogP contribution in [0.2, 0.25) is 0 Å². The van der Waals surface area contributed by atoms with Crippen LogP contribution in [0.25, 0.3) is 0 Å². The fraction of sp³-hybridized carbons (Fsp3) is 0.812. The molecule has 2 fully saturated rings. The van der Waals surface area contributed by atoms with Crippen LogP contribution in [0.1, 0.15) is 56.9 Å². The third-order valence-corrected chi connectivity index (χ3v) is 5.67. The van der Waals surface area contributed by atoms with Crippen LogP contribution >= 0.6 is 11.3 Å². The average molecular weight is 339 g/mol. The summed E-state index contributed by atoms with van der Waals surface area (Å²) < 4.78 is 5.71. The molecule has 0 aromatic carbocycles. The first-order chi connectivity index (χ1) is 11.1. The summed E-state index contributed by atoms with van der Waals surface area (Å²) in [5.41, 5.74) is 0. The molecule has 2 aliphatic rings. The van der Waals surface area contributed by atoms with Gasteiger partial charge >= 0.3 is 0 Å². The first-order valence-corrected chi connectivity index (χ1v) is 9.54. The fourth-order valence-corrected chi connectivity index (χ4v) is 4.65. The zero-order valence-electron chi connectivity index (χ0n) is 14.0. The summed E-state index contributed by atoms with van der Waals surface area (Å²) in [5.74, 6) is 0.561. The number of hydrogen-bond acceptors (Lipinski definition) is 5. The minimum atomic E-state index is 0.0210. The molecule has 1 amide bonds. The maximum atomic E-state index is 12.2. The van der Waals surface area contributed by atoms with Gasteiger partial charge in [-0.2, -0.15) is 0 Å². The monoisotopic (exact) mass is 339 g/mol. The third-order valence-electron chi connectivity index (χ3n) is 4.67. The molecule has 1 aliphatic carbocycles. The predicted molar refractivity (Wildman–Crippen MR) is 89.9 cm³/mol. The number of nitrogens with zero attached hydrogens (tertiary/aromatic N) is 2. The average Bonchev–Trinajstić information content (AvgIpc) is 2.95. The van der Waals surface area contributed by atoms with E-state index in [2.05, 4.69) is 29.4 Å². The van der Waals surface area contributed by atoms with Crippen LogP contribution in [0.5, 0.6) is 0 Å². The van der Waals surface area contributed by atoms with Crippen molar-refractivity contribution in [2.45, 2.75) is 64.1 Å². The van der Waals surface area contributed by atoms with E-state index in [0.717, 1.165) is 18.1 Å². The van der Waals surface area contributed by atoms with E-state index in [0.29, 0.717) is 17.6 Å². The number of ether oxygens (including phenoxy) is 1. The van der Waals surface area contributed by atoms with Crippen molar-refractivity contribution in [2.24, 2.45) is 0 Å². The highest BCUT2D eigenvalue weighted by molar-refractivity contribution is 7.15. The van der Waals surface area contributed by atoms with Gasteiger partial charge in [-0.25, -0.2) is 0 Å². The van der Waals surface area contributed by atoms with Crippen molar-refractivity contribution in [2.75, 3.05) is 25.0 Å². The Balaban J connectivity index is 1.50. The topological polar surface area (TPSA) is 68.5 Å². The van der Waals surface area contributed by atoms with Crippen LogP contribution in [-0.2, 0) is 9.53 Å². The molecule has 2 heterocycles. The number of amides is 1. The molecule has 1 aliphatic heterocycles. The second-order valence-electron chi connectivity index (χ2n) is 6.92. The van der Waals surface area contributed by atoms with E-state index in [9.17, 15) is 4.79 Å². The number of carbonyl (C=O) groups is 1. The summed E-state index contributed by atoms with van der Waals surface area (Å²) in [6.07, 6.45) is 6.72. The molecule has 0 spiro atoms. The number of carbonyl (C=O) groups excluding carboxylic acids is 1. The first kappa shape index (κ1) is 16.8. The molecule has 2 N–H and O–H groups in total. The van der Waals surface area contributed by atoms with Gasteiger partial charge in [-0.05, 0) is 26.7 Å². The molecule has 0 bridgehead atoms. The van der Waals surface area contributed by atoms with Crippen LogP contribution in [-0.4, -0.2) is 47.9 Å². The molecule has 0 radical (unpaired) electrons. The molecule has 128 valence electrons. The maximum Gasteiger partial charge on any atom is 0.281 e. The molecular weight excluding hydrogens is 312 g/mol. The van der Waals surface area contributed by atoms with Crippen molar-refractivity contribution in [1.29, 1.82) is 0 Å².